The van der Waals surface area contributed by atoms with Crippen molar-refractivity contribution in [1.29, 1.82) is 5.53 Å². The van der Waals surface area contributed by atoms with Gasteiger partial charge in [0.1, 0.15) is 5.69 Å². The third-order valence-corrected chi connectivity index (χ3v) is 3.22. The molecule has 86 valence electrons. The molecule has 4 heteroatoms. The van der Waals surface area contributed by atoms with Crippen molar-refractivity contribution in [3.8, 4) is 11.3 Å². The molecule has 1 aliphatic heterocycles. The number of aromatic nitrogens is 2. The number of fused-ring (bicyclic) bond motifs is 3. The predicted octanol–water partition coefficient (Wildman–Crippen LogP) is 4.39. The second-order valence-corrected chi connectivity index (χ2v) is 4.57. The minimum absolute atomic E-state index is 0.376. The minimum Gasteiger partial charge on any atom is -0.304 e. The van der Waals surface area contributed by atoms with Crippen molar-refractivity contribution >= 4 is 16.5 Å². The Balaban J connectivity index is 2.47. The molecule has 0 saturated heterocycles. The highest BCUT2D eigenvalue weighted by atomic mass is 15.1. The lowest BCUT2D eigenvalue weighted by Gasteiger charge is -2.02. The number of nitrogens with zero attached hydrogens (tertiary/aromatic N) is 1. The van der Waals surface area contributed by atoms with E-state index in [2.05, 4.69) is 35.2 Å². The molecule has 1 aromatic rings. The van der Waals surface area contributed by atoms with Crippen LogP contribution in [-0.4, -0.2) is 10.2 Å². The van der Waals surface area contributed by atoms with Crippen LogP contribution in [0.1, 0.15) is 25.5 Å². The zero-order valence-corrected chi connectivity index (χ0v) is 9.83. The fourth-order valence-electron chi connectivity index (χ4n) is 2.43. The van der Waals surface area contributed by atoms with Crippen LogP contribution in [0.2, 0.25) is 0 Å². The van der Waals surface area contributed by atoms with Crippen LogP contribution in [0.15, 0.2) is 29.4 Å². The van der Waals surface area contributed by atoms with Gasteiger partial charge in [-0.05, 0) is 5.92 Å². The molecule has 0 unspecified atom stereocenters. The largest absolute Gasteiger partial charge is 0.304 e. The first-order valence-corrected chi connectivity index (χ1v) is 5.72. The number of hydrogen-bond donors (Lipinski definition) is 3. The maximum atomic E-state index is 7.40. The van der Waals surface area contributed by atoms with Crippen molar-refractivity contribution in [2.45, 2.75) is 19.8 Å². The van der Waals surface area contributed by atoms with Gasteiger partial charge in [-0.25, -0.2) is 5.53 Å². The number of benzene rings is 1. The Kier molecular flexibility index (Phi) is 2.04. The average Bonchev–Trinajstić information content (AvgIpc) is 2.86. The van der Waals surface area contributed by atoms with Gasteiger partial charge in [0.25, 0.3) is 0 Å². The van der Waals surface area contributed by atoms with E-state index in [0.29, 0.717) is 5.92 Å². The summed E-state index contributed by atoms with van der Waals surface area (Å²) in [6, 6.07) is 8.06. The Labute approximate surface area is 98.9 Å². The summed E-state index contributed by atoms with van der Waals surface area (Å²) in [6.07, 6.45) is 0. The Bertz CT molecular complexity index is 659. The zero-order chi connectivity index (χ0) is 12.0. The molecule has 1 aliphatic carbocycles. The summed E-state index contributed by atoms with van der Waals surface area (Å²) in [5.41, 5.74) is 11.4. The van der Waals surface area contributed by atoms with Gasteiger partial charge in [-0.1, -0.05) is 38.1 Å². The summed E-state index contributed by atoms with van der Waals surface area (Å²) >= 11 is 0. The van der Waals surface area contributed by atoms with Crippen molar-refractivity contribution in [1.82, 2.24) is 10.2 Å². The number of H-pyrrole nitrogens is 2. The monoisotopic (exact) mass is 226 g/mol. The number of nitrogens with one attached hydrogen (secondary N) is 3. The fraction of sp³-hybridized carbons (Fsp3) is 0.231. The summed E-state index contributed by atoms with van der Waals surface area (Å²) in [6.45, 7) is 4.26. The van der Waals surface area contributed by atoms with Gasteiger partial charge in [-0.3, -0.25) is 5.10 Å². The second kappa shape index (κ2) is 3.45. The number of aromatic amines is 2. The van der Waals surface area contributed by atoms with Gasteiger partial charge >= 0.3 is 0 Å². The van der Waals surface area contributed by atoms with E-state index in [4.69, 9.17) is 5.53 Å². The van der Waals surface area contributed by atoms with E-state index in [1.165, 1.54) is 0 Å². The molecule has 1 heterocycles. The predicted molar refractivity (Wildman–Crippen MR) is 68.2 cm³/mol. The van der Waals surface area contributed by atoms with Crippen LogP contribution in [0.3, 0.4) is 0 Å². The lowest BCUT2D eigenvalue weighted by atomic mass is 10.0. The van der Waals surface area contributed by atoms with E-state index in [9.17, 15) is 0 Å². The topological polar surface area (TPSA) is 67.8 Å². The molecule has 0 aromatic heterocycles. The molecule has 0 bridgehead atoms. The van der Waals surface area contributed by atoms with Crippen LogP contribution < -0.4 is 0 Å². The first-order valence-electron chi connectivity index (χ1n) is 5.72. The van der Waals surface area contributed by atoms with Gasteiger partial charge < -0.3 is 5.10 Å². The summed E-state index contributed by atoms with van der Waals surface area (Å²) < 4.78 is 0. The van der Waals surface area contributed by atoms with E-state index in [1.54, 1.807) is 0 Å². The van der Waals surface area contributed by atoms with Crippen molar-refractivity contribution in [2.75, 3.05) is 0 Å². The number of rotatable bonds is 2. The molecule has 3 rings (SSSR count). The third kappa shape index (κ3) is 1.24. The molecular formula is C13H14N4. The van der Waals surface area contributed by atoms with E-state index in [0.717, 1.165) is 33.4 Å². The Morgan fingerprint density at radius 3 is 2.47 bits per heavy atom. The van der Waals surface area contributed by atoms with Gasteiger partial charge in [-0.15, -0.1) is 0 Å². The molecule has 0 atom stereocenters. The van der Waals surface area contributed by atoms with Gasteiger partial charge in [0, 0.05) is 22.0 Å². The lowest BCUT2D eigenvalue weighted by molar-refractivity contribution is 0.814. The van der Waals surface area contributed by atoms with Crippen LogP contribution in [0.5, 0.6) is 0 Å². The van der Waals surface area contributed by atoms with Crippen molar-refractivity contribution < 1.29 is 0 Å². The SMILES string of the molecule is CC(C)c1[nH][nH]c2c3ccccc3c(N=N)c1-2. The molecule has 2 aliphatic rings. The Morgan fingerprint density at radius 1 is 1.12 bits per heavy atom. The van der Waals surface area contributed by atoms with Gasteiger partial charge in [-0.2, -0.15) is 5.11 Å². The number of hydrogen-bond acceptors (Lipinski definition) is 2. The average molecular weight is 226 g/mol. The molecular weight excluding hydrogens is 212 g/mol. The fourth-order valence-corrected chi connectivity index (χ4v) is 2.43. The highest BCUT2D eigenvalue weighted by Crippen LogP contribution is 2.46. The van der Waals surface area contributed by atoms with Crippen LogP contribution in [0.25, 0.3) is 22.0 Å². The summed E-state index contributed by atoms with van der Waals surface area (Å²) in [4.78, 5) is 0. The highest BCUT2D eigenvalue weighted by molar-refractivity contribution is 6.11. The normalized spacial score (nSPS) is 11.7. The molecule has 1 aromatic carbocycles. The third-order valence-electron chi connectivity index (χ3n) is 3.22. The van der Waals surface area contributed by atoms with Crippen LogP contribution in [0, 0.1) is 5.53 Å². The van der Waals surface area contributed by atoms with Crippen LogP contribution in [-0.2, 0) is 0 Å². The Morgan fingerprint density at radius 2 is 1.82 bits per heavy atom. The van der Waals surface area contributed by atoms with E-state index >= 15 is 0 Å². The standard InChI is InChI=1S/C13H14N4/c1-7(2)11-10-12(15-14)8-5-3-4-6-9(8)13(10)17-16-11/h3-7,14,16-17H,1-2H3. The van der Waals surface area contributed by atoms with Crippen molar-refractivity contribution in [3.05, 3.63) is 30.0 Å². The molecule has 4 nitrogen and oxygen atoms in total. The summed E-state index contributed by atoms with van der Waals surface area (Å²) in [5, 5.41) is 12.3. The van der Waals surface area contributed by atoms with E-state index in [1.807, 2.05) is 18.2 Å². The molecule has 0 fully saturated rings. The molecule has 3 N–H and O–H groups in total. The van der Waals surface area contributed by atoms with Gasteiger partial charge in [0.2, 0.25) is 0 Å². The molecule has 0 saturated carbocycles. The smallest absolute Gasteiger partial charge is 0.104 e. The highest BCUT2D eigenvalue weighted by Gasteiger charge is 2.24. The summed E-state index contributed by atoms with van der Waals surface area (Å²) in [7, 11) is 0. The van der Waals surface area contributed by atoms with Gasteiger partial charge in [0.15, 0.2) is 0 Å². The van der Waals surface area contributed by atoms with Crippen LogP contribution in [0.4, 0.5) is 5.69 Å². The quantitative estimate of drug-likeness (QED) is 0.542. The van der Waals surface area contributed by atoms with E-state index < -0.39 is 0 Å². The first-order chi connectivity index (χ1) is 8.24. The van der Waals surface area contributed by atoms with E-state index in [-0.39, 0.29) is 0 Å². The minimum atomic E-state index is 0.376. The molecule has 0 radical (unpaired) electrons. The maximum Gasteiger partial charge on any atom is 0.104 e. The van der Waals surface area contributed by atoms with Crippen molar-refractivity contribution in [2.24, 2.45) is 5.11 Å². The molecule has 0 spiro atoms. The summed E-state index contributed by atoms with van der Waals surface area (Å²) in [5.74, 6) is 0.376. The van der Waals surface area contributed by atoms with Crippen LogP contribution >= 0.6 is 0 Å². The lowest BCUT2D eigenvalue weighted by Crippen LogP contribution is -1.88. The van der Waals surface area contributed by atoms with Gasteiger partial charge in [0.05, 0.1) is 5.69 Å². The Hall–Kier alpha value is -2.10. The first kappa shape index (κ1) is 10.1. The maximum absolute atomic E-state index is 7.40. The van der Waals surface area contributed by atoms with Crippen molar-refractivity contribution in [3.63, 3.8) is 0 Å². The molecule has 17 heavy (non-hydrogen) atoms. The second-order valence-electron chi connectivity index (χ2n) is 4.57. The molecule has 0 amide bonds. The zero-order valence-electron chi connectivity index (χ0n) is 9.83.